The van der Waals surface area contributed by atoms with Crippen LogP contribution in [0.3, 0.4) is 0 Å². The molecule has 0 aromatic heterocycles. The van der Waals surface area contributed by atoms with Crippen LogP contribution in [0.1, 0.15) is 52.2 Å². The first-order valence-corrected chi connectivity index (χ1v) is 8.56. The lowest BCUT2D eigenvalue weighted by Gasteiger charge is -2.23. The Morgan fingerprint density at radius 1 is 1.00 bits per heavy atom. The van der Waals surface area contributed by atoms with Crippen LogP contribution in [0.4, 0.5) is 0 Å². The Bertz CT molecular complexity index is 370. The highest BCUT2D eigenvalue weighted by molar-refractivity contribution is 5.22. The monoisotopic (exact) mass is 290 g/mol. The first-order chi connectivity index (χ1) is 10.0. The quantitative estimate of drug-likeness (QED) is 0.691. The van der Waals surface area contributed by atoms with Crippen LogP contribution in [0.5, 0.6) is 0 Å². The van der Waals surface area contributed by atoms with Crippen molar-refractivity contribution in [2.24, 2.45) is 11.8 Å². The molecule has 0 aliphatic carbocycles. The third-order valence-electron chi connectivity index (χ3n) is 4.02. The van der Waals surface area contributed by atoms with E-state index < -0.39 is 0 Å². The molecule has 0 fully saturated rings. The van der Waals surface area contributed by atoms with Crippen LogP contribution in [-0.4, -0.2) is 24.5 Å². The van der Waals surface area contributed by atoms with E-state index >= 15 is 0 Å². The van der Waals surface area contributed by atoms with Gasteiger partial charge in [0.25, 0.3) is 0 Å². The molecule has 0 bridgehead atoms. The van der Waals surface area contributed by atoms with Crippen LogP contribution >= 0.6 is 0 Å². The summed E-state index contributed by atoms with van der Waals surface area (Å²) in [6, 6.07) is 9.09. The van der Waals surface area contributed by atoms with Gasteiger partial charge in [-0.25, -0.2) is 0 Å². The van der Waals surface area contributed by atoms with E-state index in [1.165, 1.54) is 24.1 Å². The van der Waals surface area contributed by atoms with Crippen molar-refractivity contribution in [1.82, 2.24) is 10.2 Å². The molecule has 0 aliphatic heterocycles. The number of hydrogen-bond acceptors (Lipinski definition) is 2. The molecule has 1 aromatic rings. The molecule has 1 rings (SSSR count). The molecule has 2 heteroatoms. The van der Waals surface area contributed by atoms with Crippen LogP contribution in [0, 0.1) is 11.8 Å². The Labute approximate surface area is 131 Å². The maximum Gasteiger partial charge on any atom is 0.0233 e. The lowest BCUT2D eigenvalue weighted by atomic mass is 10.1. The van der Waals surface area contributed by atoms with Gasteiger partial charge in [-0.05, 0) is 36.1 Å². The molecule has 1 aromatic carbocycles. The molecule has 0 spiro atoms. The van der Waals surface area contributed by atoms with Crippen molar-refractivity contribution in [3.05, 3.63) is 35.4 Å². The highest BCUT2D eigenvalue weighted by Crippen LogP contribution is 2.11. The topological polar surface area (TPSA) is 15.3 Å². The minimum atomic E-state index is 0.711. The van der Waals surface area contributed by atoms with Gasteiger partial charge in [0.2, 0.25) is 0 Å². The fourth-order valence-electron chi connectivity index (χ4n) is 2.40. The number of nitrogens with one attached hydrogen (secondary N) is 1. The highest BCUT2D eigenvalue weighted by atomic mass is 15.1. The average Bonchev–Trinajstić information content (AvgIpc) is 2.47. The van der Waals surface area contributed by atoms with Crippen molar-refractivity contribution in [3.63, 3.8) is 0 Å². The Kier molecular flexibility index (Phi) is 8.63. The van der Waals surface area contributed by atoms with Crippen molar-refractivity contribution in [1.29, 1.82) is 0 Å². The molecule has 2 nitrogen and oxygen atoms in total. The summed E-state index contributed by atoms with van der Waals surface area (Å²) in [7, 11) is 0. The first-order valence-electron chi connectivity index (χ1n) is 8.56. The summed E-state index contributed by atoms with van der Waals surface area (Å²) >= 11 is 0. The summed E-state index contributed by atoms with van der Waals surface area (Å²) in [6.45, 7) is 16.8. The van der Waals surface area contributed by atoms with E-state index in [0.29, 0.717) is 5.92 Å². The molecule has 0 amide bonds. The van der Waals surface area contributed by atoms with E-state index in [4.69, 9.17) is 0 Å². The Hall–Kier alpha value is -0.860. The van der Waals surface area contributed by atoms with E-state index in [2.05, 4.69) is 69.1 Å². The number of hydrogen-bond donors (Lipinski definition) is 1. The van der Waals surface area contributed by atoms with Crippen LogP contribution < -0.4 is 5.32 Å². The van der Waals surface area contributed by atoms with E-state index in [1.54, 1.807) is 0 Å². The summed E-state index contributed by atoms with van der Waals surface area (Å²) in [5, 5.41) is 3.50. The lowest BCUT2D eigenvalue weighted by Crippen LogP contribution is -2.27. The van der Waals surface area contributed by atoms with Gasteiger partial charge in [-0.2, -0.15) is 0 Å². The normalized spacial score (nSPS) is 13.1. The van der Waals surface area contributed by atoms with Crippen LogP contribution in [0.2, 0.25) is 0 Å². The largest absolute Gasteiger partial charge is 0.312 e. The molecule has 1 atom stereocenters. The molecule has 1 unspecified atom stereocenters. The predicted molar refractivity (Wildman–Crippen MR) is 93.4 cm³/mol. The molecule has 0 heterocycles. The maximum absolute atomic E-state index is 3.50. The van der Waals surface area contributed by atoms with Crippen molar-refractivity contribution in [2.45, 2.75) is 54.1 Å². The molecule has 0 saturated carbocycles. The number of benzene rings is 1. The second-order valence-corrected chi connectivity index (χ2v) is 6.68. The number of nitrogens with zero attached hydrogens (tertiary/aromatic N) is 1. The van der Waals surface area contributed by atoms with Crippen molar-refractivity contribution in [3.8, 4) is 0 Å². The van der Waals surface area contributed by atoms with Crippen LogP contribution in [0.15, 0.2) is 24.3 Å². The van der Waals surface area contributed by atoms with Crippen molar-refractivity contribution in [2.75, 3.05) is 19.6 Å². The third kappa shape index (κ3) is 7.63. The second-order valence-electron chi connectivity index (χ2n) is 6.68. The minimum absolute atomic E-state index is 0.711. The van der Waals surface area contributed by atoms with E-state index in [-0.39, 0.29) is 0 Å². The average molecular weight is 290 g/mol. The molecule has 0 radical (unpaired) electrons. The van der Waals surface area contributed by atoms with Gasteiger partial charge in [0.05, 0.1) is 0 Å². The van der Waals surface area contributed by atoms with Gasteiger partial charge < -0.3 is 5.32 Å². The van der Waals surface area contributed by atoms with Crippen molar-refractivity contribution < 1.29 is 0 Å². The fraction of sp³-hybridized carbons (Fsp3) is 0.684. The van der Waals surface area contributed by atoms with E-state index in [1.807, 2.05) is 0 Å². The zero-order chi connectivity index (χ0) is 15.7. The van der Waals surface area contributed by atoms with Gasteiger partial charge in [0.1, 0.15) is 0 Å². The summed E-state index contributed by atoms with van der Waals surface area (Å²) in [4.78, 5) is 2.54. The summed E-state index contributed by atoms with van der Waals surface area (Å²) in [5.74, 6) is 1.49. The molecule has 1 N–H and O–H groups in total. The zero-order valence-corrected chi connectivity index (χ0v) is 14.7. The van der Waals surface area contributed by atoms with Gasteiger partial charge in [-0.1, -0.05) is 65.3 Å². The standard InChI is InChI=1S/C19H34N2/c1-6-17(5)14-21(7-2)15-19-10-8-18(9-11-19)13-20-12-16(3)4/h8-11,16-17,20H,6-7,12-15H2,1-5H3. The summed E-state index contributed by atoms with van der Waals surface area (Å²) in [5.41, 5.74) is 2.80. The Morgan fingerprint density at radius 2 is 1.62 bits per heavy atom. The van der Waals surface area contributed by atoms with E-state index in [0.717, 1.165) is 32.1 Å². The third-order valence-corrected chi connectivity index (χ3v) is 4.02. The summed E-state index contributed by atoms with van der Waals surface area (Å²) < 4.78 is 0. The Morgan fingerprint density at radius 3 is 2.14 bits per heavy atom. The smallest absolute Gasteiger partial charge is 0.0233 e. The molecule has 21 heavy (non-hydrogen) atoms. The Balaban J connectivity index is 2.45. The lowest BCUT2D eigenvalue weighted by molar-refractivity contribution is 0.238. The van der Waals surface area contributed by atoms with Gasteiger partial charge in [-0.3, -0.25) is 4.90 Å². The fourth-order valence-corrected chi connectivity index (χ4v) is 2.40. The van der Waals surface area contributed by atoms with Gasteiger partial charge in [-0.15, -0.1) is 0 Å². The van der Waals surface area contributed by atoms with Gasteiger partial charge >= 0.3 is 0 Å². The predicted octanol–water partition coefficient (Wildman–Crippen LogP) is 4.30. The van der Waals surface area contributed by atoms with Crippen molar-refractivity contribution >= 4 is 0 Å². The highest BCUT2D eigenvalue weighted by Gasteiger charge is 2.08. The van der Waals surface area contributed by atoms with E-state index in [9.17, 15) is 0 Å². The van der Waals surface area contributed by atoms with Crippen LogP contribution in [0.25, 0.3) is 0 Å². The minimum Gasteiger partial charge on any atom is -0.312 e. The first kappa shape index (κ1) is 18.2. The second kappa shape index (κ2) is 9.97. The maximum atomic E-state index is 3.50. The number of rotatable bonds is 10. The molecule has 0 aliphatic rings. The summed E-state index contributed by atoms with van der Waals surface area (Å²) in [6.07, 6.45) is 1.26. The molecular weight excluding hydrogens is 256 g/mol. The van der Waals surface area contributed by atoms with Gasteiger partial charge in [0, 0.05) is 19.6 Å². The SMILES string of the molecule is CCC(C)CN(CC)Cc1ccc(CNCC(C)C)cc1. The molecular formula is C19H34N2. The molecule has 0 saturated heterocycles. The zero-order valence-electron chi connectivity index (χ0n) is 14.7. The van der Waals surface area contributed by atoms with Crippen LogP contribution in [-0.2, 0) is 13.1 Å². The molecule has 120 valence electrons. The van der Waals surface area contributed by atoms with Gasteiger partial charge in [0.15, 0.2) is 0 Å².